The highest BCUT2D eigenvalue weighted by Crippen LogP contribution is 2.39. The van der Waals surface area contributed by atoms with Crippen LogP contribution in [-0.2, 0) is 4.79 Å². The van der Waals surface area contributed by atoms with Crippen molar-refractivity contribution in [2.45, 2.75) is 12.5 Å². The number of rotatable bonds is 4. The molecule has 2 aromatic rings. The molecule has 22 heavy (non-hydrogen) atoms. The zero-order valence-electron chi connectivity index (χ0n) is 12.1. The molecule has 0 aromatic heterocycles. The maximum Gasteiger partial charge on any atom is 0.352 e. The number of hydrogen-bond acceptors (Lipinski definition) is 4. The molecule has 0 fully saturated rings. The van der Waals surface area contributed by atoms with Crippen LogP contribution < -0.4 is 9.75 Å². The fourth-order valence-corrected chi connectivity index (χ4v) is 2.62. The molecule has 0 aliphatic carbocycles. The molecule has 1 atom stereocenters. The second kappa shape index (κ2) is 5.89. The van der Waals surface area contributed by atoms with E-state index in [9.17, 15) is 9.90 Å². The van der Waals surface area contributed by atoms with Crippen molar-refractivity contribution in [2.75, 3.05) is 12.1 Å². The quantitative estimate of drug-likeness (QED) is 0.941. The molecular weight excluding hydrogens is 280 g/mol. The summed E-state index contributed by atoms with van der Waals surface area (Å²) in [5, 5.41) is 15.3. The van der Waals surface area contributed by atoms with Crippen LogP contribution in [0.3, 0.4) is 0 Å². The number of hydrazone groups is 1. The number of carboxylic acid groups (broad SMARTS) is 1. The summed E-state index contributed by atoms with van der Waals surface area (Å²) in [6, 6.07) is 17.1. The van der Waals surface area contributed by atoms with Gasteiger partial charge in [0.1, 0.15) is 17.1 Å². The van der Waals surface area contributed by atoms with Crippen molar-refractivity contribution in [2.24, 2.45) is 5.10 Å². The van der Waals surface area contributed by atoms with Gasteiger partial charge in [-0.05, 0) is 17.7 Å². The average Bonchev–Trinajstić information content (AvgIpc) is 3.01. The molecule has 0 unspecified atom stereocenters. The Labute approximate surface area is 128 Å². The minimum atomic E-state index is -0.988. The Hall–Kier alpha value is -2.82. The number of anilines is 1. The Morgan fingerprint density at radius 3 is 2.55 bits per heavy atom. The minimum Gasteiger partial charge on any atom is -0.495 e. The van der Waals surface area contributed by atoms with Crippen molar-refractivity contribution in [1.29, 1.82) is 0 Å². The molecule has 112 valence electrons. The third-order valence-corrected chi connectivity index (χ3v) is 3.67. The summed E-state index contributed by atoms with van der Waals surface area (Å²) >= 11 is 0. The molecule has 5 nitrogen and oxygen atoms in total. The van der Waals surface area contributed by atoms with Crippen molar-refractivity contribution in [3.8, 4) is 5.75 Å². The smallest absolute Gasteiger partial charge is 0.352 e. The number of carbonyl (C=O) groups is 1. The first kappa shape index (κ1) is 14.1. The Kier molecular flexibility index (Phi) is 3.78. The number of aliphatic carboxylic acids is 1. The summed E-state index contributed by atoms with van der Waals surface area (Å²) in [6.45, 7) is 0. The van der Waals surface area contributed by atoms with Crippen LogP contribution in [0.2, 0.25) is 0 Å². The van der Waals surface area contributed by atoms with E-state index in [0.29, 0.717) is 12.2 Å². The highest BCUT2D eigenvalue weighted by molar-refractivity contribution is 6.36. The Bertz CT molecular complexity index is 713. The van der Waals surface area contributed by atoms with Crippen LogP contribution in [0.5, 0.6) is 5.75 Å². The minimum absolute atomic E-state index is 0.149. The number of para-hydroxylation sites is 2. The van der Waals surface area contributed by atoms with Crippen molar-refractivity contribution >= 4 is 17.4 Å². The number of nitrogens with zero attached hydrogens (tertiary/aromatic N) is 2. The summed E-state index contributed by atoms with van der Waals surface area (Å²) in [5.41, 5.74) is 1.93. The molecule has 3 rings (SSSR count). The van der Waals surface area contributed by atoms with Crippen LogP contribution >= 0.6 is 0 Å². The normalized spacial score (nSPS) is 17.2. The van der Waals surface area contributed by atoms with E-state index in [0.717, 1.165) is 11.3 Å². The molecule has 0 saturated heterocycles. The number of ether oxygens (including phenoxy) is 1. The highest BCUT2D eigenvalue weighted by atomic mass is 16.5. The summed E-state index contributed by atoms with van der Waals surface area (Å²) in [4.78, 5) is 11.3. The molecule has 0 saturated carbocycles. The zero-order valence-corrected chi connectivity index (χ0v) is 12.1. The van der Waals surface area contributed by atoms with Gasteiger partial charge in [-0.15, -0.1) is 0 Å². The standard InChI is InChI=1S/C17H16N2O3/c1-22-16-10-6-5-9-14(16)19-15(11-13(18-19)17(20)21)12-7-3-2-4-8-12/h2-10,15H,11H2,1H3,(H,20,21)/t15-/m1/s1. The zero-order chi connectivity index (χ0) is 15.5. The van der Waals surface area contributed by atoms with Gasteiger partial charge >= 0.3 is 5.97 Å². The Balaban J connectivity index is 2.05. The number of methoxy groups -OCH3 is 1. The van der Waals surface area contributed by atoms with E-state index in [-0.39, 0.29) is 11.8 Å². The molecular formula is C17H16N2O3. The van der Waals surface area contributed by atoms with Gasteiger partial charge in [-0.2, -0.15) is 5.10 Å². The molecule has 0 spiro atoms. The monoisotopic (exact) mass is 296 g/mol. The first-order chi connectivity index (χ1) is 10.7. The van der Waals surface area contributed by atoms with E-state index in [1.165, 1.54) is 0 Å². The van der Waals surface area contributed by atoms with E-state index in [4.69, 9.17) is 4.74 Å². The highest BCUT2D eigenvalue weighted by Gasteiger charge is 2.33. The van der Waals surface area contributed by atoms with Crippen LogP contribution in [0.25, 0.3) is 0 Å². The van der Waals surface area contributed by atoms with Crippen molar-refractivity contribution < 1.29 is 14.6 Å². The van der Waals surface area contributed by atoms with Crippen LogP contribution in [-0.4, -0.2) is 23.9 Å². The van der Waals surface area contributed by atoms with E-state index >= 15 is 0 Å². The van der Waals surface area contributed by atoms with Crippen LogP contribution in [0.1, 0.15) is 18.0 Å². The average molecular weight is 296 g/mol. The van der Waals surface area contributed by atoms with Gasteiger partial charge in [-0.1, -0.05) is 42.5 Å². The fraction of sp³-hybridized carbons (Fsp3) is 0.176. The summed E-state index contributed by atoms with van der Waals surface area (Å²) in [7, 11) is 1.59. The predicted octanol–water partition coefficient (Wildman–Crippen LogP) is 3.09. The second-order valence-electron chi connectivity index (χ2n) is 5.00. The van der Waals surface area contributed by atoms with Gasteiger partial charge in [0.25, 0.3) is 0 Å². The lowest BCUT2D eigenvalue weighted by Crippen LogP contribution is -2.19. The van der Waals surface area contributed by atoms with Gasteiger partial charge in [-0.25, -0.2) is 4.79 Å². The third-order valence-electron chi connectivity index (χ3n) is 3.67. The van der Waals surface area contributed by atoms with Crippen LogP contribution in [0, 0.1) is 0 Å². The van der Waals surface area contributed by atoms with Crippen molar-refractivity contribution in [3.63, 3.8) is 0 Å². The van der Waals surface area contributed by atoms with Crippen LogP contribution in [0.4, 0.5) is 5.69 Å². The first-order valence-electron chi connectivity index (χ1n) is 6.98. The molecule has 0 radical (unpaired) electrons. The van der Waals surface area contributed by atoms with Crippen molar-refractivity contribution in [3.05, 3.63) is 60.2 Å². The summed E-state index contributed by atoms with van der Waals surface area (Å²) in [6.07, 6.45) is 0.359. The van der Waals surface area contributed by atoms with E-state index < -0.39 is 5.97 Å². The molecule has 1 aliphatic rings. The van der Waals surface area contributed by atoms with Gasteiger partial charge in [0.15, 0.2) is 0 Å². The van der Waals surface area contributed by atoms with E-state index in [2.05, 4.69) is 5.10 Å². The van der Waals surface area contributed by atoms with Gasteiger partial charge in [0.2, 0.25) is 0 Å². The molecule has 1 aliphatic heterocycles. The van der Waals surface area contributed by atoms with Crippen molar-refractivity contribution in [1.82, 2.24) is 0 Å². The molecule has 1 N–H and O–H groups in total. The van der Waals surface area contributed by atoms with Gasteiger partial charge in [0, 0.05) is 6.42 Å². The fourth-order valence-electron chi connectivity index (χ4n) is 2.62. The van der Waals surface area contributed by atoms with Gasteiger partial charge < -0.3 is 9.84 Å². The topological polar surface area (TPSA) is 62.1 Å². The predicted molar refractivity (Wildman–Crippen MR) is 84.3 cm³/mol. The maximum absolute atomic E-state index is 11.3. The number of benzene rings is 2. The van der Waals surface area contributed by atoms with Gasteiger partial charge in [0.05, 0.1) is 13.2 Å². The molecule has 0 amide bonds. The SMILES string of the molecule is COc1ccccc1N1N=C(C(=O)O)C[C@@H]1c1ccccc1. The third kappa shape index (κ3) is 2.53. The first-order valence-corrected chi connectivity index (χ1v) is 6.98. The lowest BCUT2D eigenvalue weighted by Gasteiger charge is -2.25. The van der Waals surface area contributed by atoms with Crippen LogP contribution in [0.15, 0.2) is 59.7 Å². The second-order valence-corrected chi connectivity index (χ2v) is 5.00. The summed E-state index contributed by atoms with van der Waals surface area (Å²) in [5.74, 6) is -0.322. The number of carboxylic acids is 1. The lowest BCUT2D eigenvalue weighted by molar-refractivity contribution is -0.129. The Morgan fingerprint density at radius 2 is 1.86 bits per heavy atom. The van der Waals surface area contributed by atoms with Gasteiger partial charge in [-0.3, -0.25) is 5.01 Å². The molecule has 1 heterocycles. The summed E-state index contributed by atoms with van der Waals surface area (Å²) < 4.78 is 5.38. The van der Waals surface area contributed by atoms with E-state index in [1.807, 2.05) is 54.6 Å². The Morgan fingerprint density at radius 1 is 1.18 bits per heavy atom. The van der Waals surface area contributed by atoms with E-state index in [1.54, 1.807) is 12.1 Å². The molecule has 0 bridgehead atoms. The maximum atomic E-state index is 11.3. The molecule has 5 heteroatoms. The largest absolute Gasteiger partial charge is 0.495 e. The molecule has 2 aromatic carbocycles. The number of hydrogen-bond donors (Lipinski definition) is 1. The lowest BCUT2D eigenvalue weighted by atomic mass is 10.0.